The van der Waals surface area contributed by atoms with Crippen molar-refractivity contribution in [2.75, 3.05) is 26.9 Å². The first-order chi connectivity index (χ1) is 9.19. The number of hydrogen-bond donors (Lipinski definition) is 1. The van der Waals surface area contributed by atoms with E-state index in [0.29, 0.717) is 0 Å². The average Bonchev–Trinajstić information content (AvgIpc) is 2.38. The van der Waals surface area contributed by atoms with Gasteiger partial charge in [0.15, 0.2) is 0 Å². The number of benzene rings is 1. The standard InChI is InChI=1S/C16H27NO2/c1-5-6-8-19-16-13(2)10-15(11-14(16)3)12-17-7-9-18-4/h10-11,17H,5-9,12H2,1-4H3. The molecule has 0 aliphatic rings. The van der Waals surface area contributed by atoms with E-state index in [2.05, 4.69) is 38.2 Å². The average molecular weight is 265 g/mol. The summed E-state index contributed by atoms with van der Waals surface area (Å²) < 4.78 is 10.9. The predicted octanol–water partition coefficient (Wildman–Crippen LogP) is 3.22. The molecule has 0 aromatic heterocycles. The van der Waals surface area contributed by atoms with Crippen LogP contribution in [0.2, 0.25) is 0 Å². The van der Waals surface area contributed by atoms with Crippen molar-refractivity contribution in [3.8, 4) is 5.75 Å². The fraction of sp³-hybridized carbons (Fsp3) is 0.625. The van der Waals surface area contributed by atoms with Gasteiger partial charge in [0.25, 0.3) is 0 Å². The molecule has 3 nitrogen and oxygen atoms in total. The van der Waals surface area contributed by atoms with Gasteiger partial charge in [-0.15, -0.1) is 0 Å². The van der Waals surface area contributed by atoms with Gasteiger partial charge >= 0.3 is 0 Å². The molecule has 0 heterocycles. The van der Waals surface area contributed by atoms with E-state index >= 15 is 0 Å². The first-order valence-electron chi connectivity index (χ1n) is 7.11. The summed E-state index contributed by atoms with van der Waals surface area (Å²) in [7, 11) is 1.72. The van der Waals surface area contributed by atoms with Gasteiger partial charge in [-0.2, -0.15) is 0 Å². The van der Waals surface area contributed by atoms with E-state index in [1.807, 2.05) is 0 Å². The molecule has 1 N–H and O–H groups in total. The highest BCUT2D eigenvalue weighted by molar-refractivity contribution is 5.43. The van der Waals surface area contributed by atoms with Crippen LogP contribution >= 0.6 is 0 Å². The van der Waals surface area contributed by atoms with Crippen molar-refractivity contribution in [3.63, 3.8) is 0 Å². The summed E-state index contributed by atoms with van der Waals surface area (Å²) in [5, 5.41) is 3.36. The number of ether oxygens (including phenoxy) is 2. The Balaban J connectivity index is 2.57. The molecule has 0 radical (unpaired) electrons. The Morgan fingerprint density at radius 2 is 1.79 bits per heavy atom. The van der Waals surface area contributed by atoms with E-state index in [-0.39, 0.29) is 0 Å². The fourth-order valence-electron chi connectivity index (χ4n) is 2.10. The van der Waals surface area contributed by atoms with Crippen LogP contribution in [0.1, 0.15) is 36.5 Å². The van der Waals surface area contributed by atoms with Crippen LogP contribution in [0.25, 0.3) is 0 Å². The molecule has 108 valence electrons. The van der Waals surface area contributed by atoms with Gasteiger partial charge in [0.05, 0.1) is 13.2 Å². The van der Waals surface area contributed by atoms with Crippen LogP contribution in [0, 0.1) is 13.8 Å². The second-order valence-electron chi connectivity index (χ2n) is 4.93. The summed E-state index contributed by atoms with van der Waals surface area (Å²) in [6.45, 7) is 9.72. The van der Waals surface area contributed by atoms with Crippen molar-refractivity contribution in [2.45, 2.75) is 40.2 Å². The quantitative estimate of drug-likeness (QED) is 0.695. The summed E-state index contributed by atoms with van der Waals surface area (Å²) >= 11 is 0. The van der Waals surface area contributed by atoms with Crippen LogP contribution in [-0.4, -0.2) is 26.9 Å². The molecule has 0 spiro atoms. The minimum Gasteiger partial charge on any atom is -0.493 e. The molecule has 0 saturated carbocycles. The Labute approximate surface area is 117 Å². The molecular formula is C16H27NO2. The Morgan fingerprint density at radius 1 is 1.11 bits per heavy atom. The van der Waals surface area contributed by atoms with Gasteiger partial charge in [-0.1, -0.05) is 25.5 Å². The monoisotopic (exact) mass is 265 g/mol. The van der Waals surface area contributed by atoms with Crippen LogP contribution in [0.5, 0.6) is 5.75 Å². The summed E-state index contributed by atoms with van der Waals surface area (Å²) in [4.78, 5) is 0. The third-order valence-electron chi connectivity index (χ3n) is 3.08. The van der Waals surface area contributed by atoms with Gasteiger partial charge in [0.2, 0.25) is 0 Å². The minimum atomic E-state index is 0.746. The largest absolute Gasteiger partial charge is 0.493 e. The molecule has 1 aromatic rings. The fourth-order valence-corrected chi connectivity index (χ4v) is 2.10. The summed E-state index contributed by atoms with van der Waals surface area (Å²) in [5.74, 6) is 1.05. The van der Waals surface area contributed by atoms with Crippen molar-refractivity contribution < 1.29 is 9.47 Å². The highest BCUT2D eigenvalue weighted by Crippen LogP contribution is 2.25. The van der Waals surface area contributed by atoms with Crippen molar-refractivity contribution in [3.05, 3.63) is 28.8 Å². The summed E-state index contributed by atoms with van der Waals surface area (Å²) in [5.41, 5.74) is 3.74. The molecule has 0 aliphatic carbocycles. The molecule has 0 aliphatic heterocycles. The maximum Gasteiger partial charge on any atom is 0.125 e. The Kier molecular flexibility index (Phi) is 7.53. The molecule has 0 atom stereocenters. The molecular weight excluding hydrogens is 238 g/mol. The molecule has 1 aromatic carbocycles. The van der Waals surface area contributed by atoms with E-state index in [1.54, 1.807) is 7.11 Å². The third-order valence-corrected chi connectivity index (χ3v) is 3.08. The van der Waals surface area contributed by atoms with Crippen molar-refractivity contribution >= 4 is 0 Å². The lowest BCUT2D eigenvalue weighted by Crippen LogP contribution is -2.18. The van der Waals surface area contributed by atoms with Gasteiger partial charge in [0.1, 0.15) is 5.75 Å². The van der Waals surface area contributed by atoms with Gasteiger partial charge in [-0.05, 0) is 37.0 Å². The van der Waals surface area contributed by atoms with E-state index < -0.39 is 0 Å². The smallest absolute Gasteiger partial charge is 0.125 e. The Morgan fingerprint density at radius 3 is 2.37 bits per heavy atom. The van der Waals surface area contributed by atoms with Crippen LogP contribution in [-0.2, 0) is 11.3 Å². The highest BCUT2D eigenvalue weighted by Gasteiger charge is 2.06. The second kappa shape index (κ2) is 8.94. The van der Waals surface area contributed by atoms with Crippen molar-refractivity contribution in [2.24, 2.45) is 0 Å². The lowest BCUT2D eigenvalue weighted by molar-refractivity contribution is 0.199. The zero-order chi connectivity index (χ0) is 14.1. The Hall–Kier alpha value is -1.06. The number of aryl methyl sites for hydroxylation is 2. The van der Waals surface area contributed by atoms with Crippen LogP contribution in [0.3, 0.4) is 0 Å². The Bertz CT molecular complexity index is 354. The third kappa shape index (κ3) is 5.62. The van der Waals surface area contributed by atoms with E-state index in [1.165, 1.54) is 23.1 Å². The normalized spacial score (nSPS) is 10.7. The molecule has 19 heavy (non-hydrogen) atoms. The molecule has 0 fully saturated rings. The number of rotatable bonds is 9. The molecule has 1 rings (SSSR count). The summed E-state index contributed by atoms with van der Waals surface area (Å²) in [6, 6.07) is 4.40. The van der Waals surface area contributed by atoms with Crippen LogP contribution < -0.4 is 10.1 Å². The van der Waals surface area contributed by atoms with Gasteiger partial charge < -0.3 is 14.8 Å². The number of methoxy groups -OCH3 is 1. The molecule has 0 saturated heterocycles. The van der Waals surface area contributed by atoms with Gasteiger partial charge in [0, 0.05) is 20.2 Å². The topological polar surface area (TPSA) is 30.5 Å². The van der Waals surface area contributed by atoms with E-state index in [4.69, 9.17) is 9.47 Å². The lowest BCUT2D eigenvalue weighted by Gasteiger charge is -2.14. The van der Waals surface area contributed by atoms with E-state index in [9.17, 15) is 0 Å². The maximum atomic E-state index is 5.87. The minimum absolute atomic E-state index is 0.746. The van der Waals surface area contributed by atoms with Crippen LogP contribution in [0.4, 0.5) is 0 Å². The maximum absolute atomic E-state index is 5.87. The zero-order valence-electron chi connectivity index (χ0n) is 12.7. The zero-order valence-corrected chi connectivity index (χ0v) is 12.7. The molecule has 0 amide bonds. The van der Waals surface area contributed by atoms with E-state index in [0.717, 1.165) is 38.5 Å². The van der Waals surface area contributed by atoms with Gasteiger partial charge in [-0.25, -0.2) is 0 Å². The first-order valence-corrected chi connectivity index (χ1v) is 7.11. The second-order valence-corrected chi connectivity index (χ2v) is 4.93. The number of unbranched alkanes of at least 4 members (excludes halogenated alkanes) is 1. The number of nitrogens with one attached hydrogen (secondary N) is 1. The SMILES string of the molecule is CCCCOc1c(C)cc(CNCCOC)cc1C. The van der Waals surface area contributed by atoms with Gasteiger partial charge in [-0.3, -0.25) is 0 Å². The van der Waals surface area contributed by atoms with Crippen molar-refractivity contribution in [1.82, 2.24) is 5.32 Å². The predicted molar refractivity (Wildman–Crippen MR) is 79.9 cm³/mol. The van der Waals surface area contributed by atoms with Crippen LogP contribution in [0.15, 0.2) is 12.1 Å². The number of hydrogen-bond acceptors (Lipinski definition) is 3. The first kappa shape index (κ1) is 16.0. The highest BCUT2D eigenvalue weighted by atomic mass is 16.5. The molecule has 0 unspecified atom stereocenters. The summed E-state index contributed by atoms with van der Waals surface area (Å²) in [6.07, 6.45) is 2.28. The van der Waals surface area contributed by atoms with Crippen molar-refractivity contribution in [1.29, 1.82) is 0 Å². The molecule has 3 heteroatoms. The molecule has 0 bridgehead atoms. The lowest BCUT2D eigenvalue weighted by atomic mass is 10.1.